The predicted octanol–water partition coefficient (Wildman–Crippen LogP) is 8.90. The number of benzene rings is 3. The van der Waals surface area contributed by atoms with E-state index in [0.717, 1.165) is 22.3 Å². The van der Waals surface area contributed by atoms with Gasteiger partial charge < -0.3 is 4.74 Å². The minimum atomic E-state index is -0.175. The minimum absolute atomic E-state index is 0. The molecular weight excluding hydrogens is 416 g/mol. The predicted molar refractivity (Wildman–Crippen MR) is 150 cm³/mol. The van der Waals surface area contributed by atoms with E-state index in [9.17, 15) is 4.79 Å². The first-order chi connectivity index (χ1) is 16.4. The lowest BCUT2D eigenvalue weighted by molar-refractivity contribution is 0.104. The van der Waals surface area contributed by atoms with Crippen LogP contribution in [0.2, 0.25) is 0 Å². The van der Waals surface area contributed by atoms with Crippen molar-refractivity contribution in [2.75, 3.05) is 7.11 Å². The lowest BCUT2D eigenvalue weighted by Crippen LogP contribution is -1.99. The SMILES string of the molecule is C=CC(=O)c1ccc(C(=C)/C=C(\C=C)c2ccc(-c3ccccc3C)c(C)c2)cc1OC.CC.[HH]. The number of allylic oxidation sites excluding steroid dienone is 5. The van der Waals surface area contributed by atoms with Gasteiger partial charge in [-0.2, -0.15) is 0 Å². The Balaban J connectivity index is 0.00000199. The van der Waals surface area contributed by atoms with Crippen molar-refractivity contribution in [1.29, 1.82) is 0 Å². The molecule has 0 aliphatic rings. The van der Waals surface area contributed by atoms with E-state index < -0.39 is 0 Å². The van der Waals surface area contributed by atoms with E-state index in [1.165, 1.54) is 28.3 Å². The summed E-state index contributed by atoms with van der Waals surface area (Å²) in [6.07, 6.45) is 5.12. The van der Waals surface area contributed by atoms with Gasteiger partial charge in [0, 0.05) is 1.43 Å². The van der Waals surface area contributed by atoms with Gasteiger partial charge in [-0.25, -0.2) is 0 Å². The van der Waals surface area contributed by atoms with Crippen LogP contribution in [0.4, 0.5) is 0 Å². The van der Waals surface area contributed by atoms with Gasteiger partial charge in [-0.1, -0.05) is 88.2 Å². The lowest BCUT2D eigenvalue weighted by atomic mass is 9.92. The Morgan fingerprint density at radius 3 is 2.09 bits per heavy atom. The van der Waals surface area contributed by atoms with Crippen LogP contribution in [0.5, 0.6) is 5.75 Å². The zero-order valence-corrected chi connectivity index (χ0v) is 20.9. The highest BCUT2D eigenvalue weighted by Crippen LogP contribution is 2.31. The van der Waals surface area contributed by atoms with Gasteiger partial charge in [0.15, 0.2) is 5.78 Å². The highest BCUT2D eigenvalue weighted by molar-refractivity contribution is 6.06. The molecule has 0 saturated carbocycles. The Labute approximate surface area is 206 Å². The van der Waals surface area contributed by atoms with Crippen LogP contribution in [0, 0.1) is 13.8 Å². The molecule has 0 saturated heterocycles. The molecule has 0 aliphatic carbocycles. The first-order valence-corrected chi connectivity index (χ1v) is 11.4. The zero-order valence-electron chi connectivity index (χ0n) is 20.9. The Morgan fingerprint density at radius 1 is 0.853 bits per heavy atom. The second-order valence-corrected chi connectivity index (χ2v) is 7.66. The van der Waals surface area contributed by atoms with Crippen molar-refractivity contribution in [3.05, 3.63) is 126 Å². The van der Waals surface area contributed by atoms with Crippen LogP contribution in [0.25, 0.3) is 22.3 Å². The van der Waals surface area contributed by atoms with Gasteiger partial charge in [-0.3, -0.25) is 4.79 Å². The summed E-state index contributed by atoms with van der Waals surface area (Å²) in [5.74, 6) is 0.325. The molecule has 3 rings (SSSR count). The van der Waals surface area contributed by atoms with Crippen LogP contribution < -0.4 is 4.74 Å². The third-order valence-corrected chi connectivity index (χ3v) is 5.57. The van der Waals surface area contributed by atoms with E-state index in [1.807, 2.05) is 38.1 Å². The molecule has 0 bridgehead atoms. The number of hydrogen-bond acceptors (Lipinski definition) is 2. The third-order valence-electron chi connectivity index (χ3n) is 5.57. The number of carbonyl (C=O) groups is 1. The van der Waals surface area contributed by atoms with E-state index in [4.69, 9.17) is 4.74 Å². The van der Waals surface area contributed by atoms with Crippen molar-refractivity contribution in [3.63, 3.8) is 0 Å². The Hall–Kier alpha value is -3.91. The maximum Gasteiger partial charge on any atom is 0.188 e. The quantitative estimate of drug-likeness (QED) is 0.194. The number of aryl methyl sites for hydroxylation is 2. The molecular formula is C32H36O2. The van der Waals surface area contributed by atoms with Crippen molar-refractivity contribution >= 4 is 16.9 Å². The summed E-state index contributed by atoms with van der Waals surface area (Å²) in [4.78, 5) is 12.0. The van der Waals surface area contributed by atoms with Crippen LogP contribution in [-0.2, 0) is 0 Å². The molecule has 0 aromatic heterocycles. The molecule has 0 heterocycles. The molecule has 34 heavy (non-hydrogen) atoms. The Bertz CT molecular complexity index is 1250. The molecule has 0 unspecified atom stereocenters. The summed E-state index contributed by atoms with van der Waals surface area (Å²) in [7, 11) is 1.55. The van der Waals surface area contributed by atoms with Gasteiger partial charge in [-0.15, -0.1) is 0 Å². The van der Waals surface area contributed by atoms with Crippen LogP contribution in [0.3, 0.4) is 0 Å². The van der Waals surface area contributed by atoms with E-state index in [2.05, 4.69) is 76.0 Å². The van der Waals surface area contributed by atoms with Gasteiger partial charge in [0.2, 0.25) is 0 Å². The molecule has 0 aliphatic heterocycles. The van der Waals surface area contributed by atoms with Gasteiger partial charge in [0.25, 0.3) is 0 Å². The standard InChI is InChI=1S/C30H28O2.C2H6.H2/c1-7-23(17-21(4)24-13-16-28(29(31)8-2)30(19-24)32-6)25-14-15-27(22(5)18-25)26-12-10-9-11-20(26)3;1-2;/h7-19H,1-2,4H2,3,5-6H3;1-2H3;1H/b23-17+;;. The molecule has 2 nitrogen and oxygen atoms in total. The van der Waals surface area contributed by atoms with Crippen molar-refractivity contribution in [1.82, 2.24) is 0 Å². The number of methoxy groups -OCH3 is 1. The average molecular weight is 453 g/mol. The highest BCUT2D eigenvalue weighted by Gasteiger charge is 2.12. The molecule has 0 amide bonds. The summed E-state index contributed by atoms with van der Waals surface area (Å²) < 4.78 is 5.41. The fourth-order valence-corrected chi connectivity index (χ4v) is 3.76. The molecule has 0 N–H and O–H groups in total. The first kappa shape index (κ1) is 26.3. The normalized spacial score (nSPS) is 10.6. The molecule has 0 spiro atoms. The molecule has 0 fully saturated rings. The average Bonchev–Trinajstić information content (AvgIpc) is 2.87. The second kappa shape index (κ2) is 12.4. The highest BCUT2D eigenvalue weighted by atomic mass is 16.5. The fourth-order valence-electron chi connectivity index (χ4n) is 3.76. The molecule has 176 valence electrons. The molecule has 0 radical (unpaired) electrons. The van der Waals surface area contributed by atoms with Gasteiger partial charge in [0.1, 0.15) is 5.75 Å². The van der Waals surface area contributed by atoms with Crippen LogP contribution in [0.1, 0.15) is 47.9 Å². The number of ether oxygens (including phenoxy) is 1. The smallest absolute Gasteiger partial charge is 0.188 e. The maximum atomic E-state index is 12.0. The summed E-state index contributed by atoms with van der Waals surface area (Å²) in [6.45, 7) is 20.0. The van der Waals surface area contributed by atoms with Crippen molar-refractivity contribution in [3.8, 4) is 16.9 Å². The maximum absolute atomic E-state index is 12.0. The van der Waals surface area contributed by atoms with Gasteiger partial charge in [-0.05, 0) is 82.7 Å². The van der Waals surface area contributed by atoms with E-state index in [-0.39, 0.29) is 7.21 Å². The summed E-state index contributed by atoms with van der Waals surface area (Å²) in [5, 5.41) is 0. The largest absolute Gasteiger partial charge is 0.496 e. The van der Waals surface area contributed by atoms with Gasteiger partial charge >= 0.3 is 0 Å². The van der Waals surface area contributed by atoms with Gasteiger partial charge in [0.05, 0.1) is 12.7 Å². The van der Waals surface area contributed by atoms with E-state index in [1.54, 1.807) is 13.2 Å². The number of carbonyl (C=O) groups excluding carboxylic acids is 1. The Kier molecular flexibility index (Phi) is 9.58. The second-order valence-electron chi connectivity index (χ2n) is 7.66. The van der Waals surface area contributed by atoms with E-state index in [0.29, 0.717) is 11.3 Å². The first-order valence-electron chi connectivity index (χ1n) is 11.4. The summed E-state index contributed by atoms with van der Waals surface area (Å²) in [5.41, 5.74) is 9.11. The lowest BCUT2D eigenvalue weighted by Gasteiger charge is -2.13. The summed E-state index contributed by atoms with van der Waals surface area (Å²) in [6, 6.07) is 20.3. The molecule has 0 atom stereocenters. The van der Waals surface area contributed by atoms with Crippen LogP contribution in [0.15, 0.2) is 98.6 Å². The van der Waals surface area contributed by atoms with Crippen molar-refractivity contribution < 1.29 is 11.0 Å². The monoisotopic (exact) mass is 452 g/mol. The third kappa shape index (κ3) is 5.90. The molecule has 3 aromatic carbocycles. The fraction of sp³-hybridized carbons (Fsp3) is 0.156. The molecule has 2 heteroatoms. The number of ketones is 1. The minimum Gasteiger partial charge on any atom is -0.496 e. The van der Waals surface area contributed by atoms with Crippen LogP contribution >= 0.6 is 0 Å². The van der Waals surface area contributed by atoms with Crippen molar-refractivity contribution in [2.45, 2.75) is 27.7 Å². The van der Waals surface area contributed by atoms with Crippen molar-refractivity contribution in [2.24, 2.45) is 0 Å². The van der Waals surface area contributed by atoms with Crippen LogP contribution in [-0.4, -0.2) is 12.9 Å². The molecule has 3 aromatic rings. The van der Waals surface area contributed by atoms with E-state index >= 15 is 0 Å². The zero-order chi connectivity index (χ0) is 25.3. The summed E-state index contributed by atoms with van der Waals surface area (Å²) >= 11 is 0. The Morgan fingerprint density at radius 2 is 1.50 bits per heavy atom. The number of hydrogen-bond donors (Lipinski definition) is 0. The topological polar surface area (TPSA) is 26.3 Å². The number of rotatable bonds is 8.